The van der Waals surface area contributed by atoms with E-state index < -0.39 is 29.5 Å². The highest BCUT2D eigenvalue weighted by Gasteiger charge is 2.25. The predicted molar refractivity (Wildman–Crippen MR) is 109 cm³/mol. The van der Waals surface area contributed by atoms with Gasteiger partial charge in [-0.25, -0.2) is 9.59 Å². The van der Waals surface area contributed by atoms with Gasteiger partial charge in [0.2, 0.25) is 5.91 Å². The van der Waals surface area contributed by atoms with E-state index in [4.69, 9.17) is 9.15 Å². The molecular weight excluding hydrogens is 392 g/mol. The number of hydrogen-bond acceptors (Lipinski definition) is 6. The topological polar surface area (TPSA) is 135 Å². The van der Waals surface area contributed by atoms with E-state index >= 15 is 0 Å². The molecule has 1 aromatic carbocycles. The van der Waals surface area contributed by atoms with Gasteiger partial charge in [-0.1, -0.05) is 20.3 Å². The number of carbonyl (C=O) groups excluding carboxylic acids is 2. The summed E-state index contributed by atoms with van der Waals surface area (Å²) in [7, 11) is 0. The van der Waals surface area contributed by atoms with Crippen molar-refractivity contribution in [2.75, 3.05) is 13.2 Å². The number of benzene rings is 1. The Hall–Kier alpha value is -3.36. The van der Waals surface area contributed by atoms with Crippen LogP contribution in [0.15, 0.2) is 27.4 Å². The van der Waals surface area contributed by atoms with Gasteiger partial charge < -0.3 is 24.9 Å². The fourth-order valence-electron chi connectivity index (χ4n) is 2.97. The van der Waals surface area contributed by atoms with Gasteiger partial charge in [0.15, 0.2) is 6.61 Å². The lowest BCUT2D eigenvalue weighted by molar-refractivity contribution is -0.143. The van der Waals surface area contributed by atoms with E-state index in [-0.39, 0.29) is 19.1 Å². The maximum absolute atomic E-state index is 12.1. The molecule has 9 heteroatoms. The average molecular weight is 418 g/mol. The van der Waals surface area contributed by atoms with Crippen LogP contribution in [0.4, 0.5) is 0 Å². The SMILES string of the molecule is CC[C@H](C)[C@H](NC(=O)CNC(=O)COc1cc(C)cc2oc(=O)cc(C)c12)C(=O)O. The molecule has 0 saturated carbocycles. The molecule has 2 atom stereocenters. The number of ether oxygens (including phenoxy) is 1. The summed E-state index contributed by atoms with van der Waals surface area (Å²) in [5.74, 6) is -2.14. The van der Waals surface area contributed by atoms with Gasteiger partial charge in [-0.2, -0.15) is 0 Å². The second-order valence-electron chi connectivity index (χ2n) is 7.22. The highest BCUT2D eigenvalue weighted by molar-refractivity contribution is 5.89. The van der Waals surface area contributed by atoms with Crippen molar-refractivity contribution in [3.8, 4) is 5.75 Å². The van der Waals surface area contributed by atoms with E-state index in [0.29, 0.717) is 28.7 Å². The molecule has 3 N–H and O–H groups in total. The van der Waals surface area contributed by atoms with Crippen molar-refractivity contribution in [2.24, 2.45) is 5.92 Å². The van der Waals surface area contributed by atoms with Crippen molar-refractivity contribution in [1.82, 2.24) is 10.6 Å². The van der Waals surface area contributed by atoms with Crippen molar-refractivity contribution < 1.29 is 28.6 Å². The van der Waals surface area contributed by atoms with E-state index in [1.165, 1.54) is 6.07 Å². The number of rotatable bonds is 9. The van der Waals surface area contributed by atoms with E-state index in [0.717, 1.165) is 5.56 Å². The monoisotopic (exact) mass is 418 g/mol. The Bertz CT molecular complexity index is 1010. The van der Waals surface area contributed by atoms with Gasteiger partial charge in [-0.3, -0.25) is 9.59 Å². The maximum atomic E-state index is 12.1. The van der Waals surface area contributed by atoms with Crippen LogP contribution in [0.3, 0.4) is 0 Å². The lowest BCUT2D eigenvalue weighted by atomic mass is 9.99. The zero-order valence-corrected chi connectivity index (χ0v) is 17.4. The first-order chi connectivity index (χ1) is 14.1. The molecule has 2 rings (SSSR count). The van der Waals surface area contributed by atoms with Crippen LogP contribution >= 0.6 is 0 Å². The molecule has 30 heavy (non-hydrogen) atoms. The first-order valence-corrected chi connectivity index (χ1v) is 9.59. The number of hydrogen-bond donors (Lipinski definition) is 3. The molecule has 0 saturated heterocycles. The van der Waals surface area contributed by atoms with Gasteiger partial charge >= 0.3 is 11.6 Å². The fourth-order valence-corrected chi connectivity index (χ4v) is 2.97. The van der Waals surface area contributed by atoms with Crippen molar-refractivity contribution >= 4 is 28.8 Å². The average Bonchev–Trinajstić information content (AvgIpc) is 2.66. The van der Waals surface area contributed by atoms with E-state index in [9.17, 15) is 24.3 Å². The summed E-state index contributed by atoms with van der Waals surface area (Å²) in [6.07, 6.45) is 0.585. The minimum atomic E-state index is -1.12. The van der Waals surface area contributed by atoms with Crippen molar-refractivity contribution in [3.63, 3.8) is 0 Å². The minimum absolute atomic E-state index is 0.247. The lowest BCUT2D eigenvalue weighted by Crippen LogP contribution is -2.48. The minimum Gasteiger partial charge on any atom is -0.483 e. The molecule has 1 aromatic heterocycles. The van der Waals surface area contributed by atoms with Crippen LogP contribution in [-0.2, 0) is 14.4 Å². The molecule has 0 bridgehead atoms. The van der Waals surface area contributed by atoms with Crippen LogP contribution in [0.25, 0.3) is 11.0 Å². The number of carboxylic acid groups (broad SMARTS) is 1. The summed E-state index contributed by atoms with van der Waals surface area (Å²) >= 11 is 0. The zero-order chi connectivity index (χ0) is 22.4. The highest BCUT2D eigenvalue weighted by atomic mass is 16.5. The van der Waals surface area contributed by atoms with Crippen LogP contribution in [-0.4, -0.2) is 42.1 Å². The first kappa shape index (κ1) is 22.9. The summed E-state index contributed by atoms with van der Waals surface area (Å²) in [6, 6.07) is 3.74. The van der Waals surface area contributed by atoms with Crippen molar-refractivity contribution in [3.05, 3.63) is 39.7 Å². The van der Waals surface area contributed by atoms with Gasteiger partial charge in [0.25, 0.3) is 5.91 Å². The molecule has 0 spiro atoms. The van der Waals surface area contributed by atoms with E-state index in [1.54, 1.807) is 32.9 Å². The van der Waals surface area contributed by atoms with Gasteiger partial charge in [-0.05, 0) is 43.0 Å². The summed E-state index contributed by atoms with van der Waals surface area (Å²) in [5.41, 5.74) is 1.33. The molecule has 0 aliphatic heterocycles. The summed E-state index contributed by atoms with van der Waals surface area (Å²) in [4.78, 5) is 46.9. The lowest BCUT2D eigenvalue weighted by Gasteiger charge is -2.20. The molecular formula is C21H26N2O7. The number of carboxylic acids is 1. The van der Waals surface area contributed by atoms with Gasteiger partial charge in [-0.15, -0.1) is 0 Å². The molecule has 0 aliphatic rings. The number of aryl methyl sites for hydroxylation is 2. The van der Waals surface area contributed by atoms with Crippen LogP contribution in [0, 0.1) is 19.8 Å². The third kappa shape index (κ3) is 5.82. The highest BCUT2D eigenvalue weighted by Crippen LogP contribution is 2.29. The molecule has 0 radical (unpaired) electrons. The third-order valence-corrected chi connectivity index (χ3v) is 4.75. The molecule has 9 nitrogen and oxygen atoms in total. The molecule has 0 unspecified atom stereocenters. The summed E-state index contributed by atoms with van der Waals surface area (Å²) < 4.78 is 10.8. The fraction of sp³-hybridized carbons (Fsp3) is 0.429. The normalized spacial score (nSPS) is 12.8. The maximum Gasteiger partial charge on any atom is 0.336 e. The van der Waals surface area contributed by atoms with Crippen molar-refractivity contribution in [1.29, 1.82) is 0 Å². The second-order valence-corrected chi connectivity index (χ2v) is 7.22. The Kier molecular flexibility index (Phi) is 7.57. The van der Waals surface area contributed by atoms with Gasteiger partial charge in [0, 0.05) is 6.07 Å². The second kappa shape index (κ2) is 9.91. The summed E-state index contributed by atoms with van der Waals surface area (Å²) in [6.45, 7) is 6.36. The van der Waals surface area contributed by atoms with Crippen molar-refractivity contribution in [2.45, 2.75) is 40.2 Å². The van der Waals surface area contributed by atoms with Crippen LogP contribution in [0.2, 0.25) is 0 Å². The van der Waals surface area contributed by atoms with Gasteiger partial charge in [0.1, 0.15) is 17.4 Å². The standard InChI is InChI=1S/C21H26N2O7/c1-5-12(3)20(21(27)28)23-16(24)9-22-17(25)10-29-14-6-11(2)7-15-19(14)13(4)8-18(26)30-15/h6-8,12,20H,5,9-10H2,1-4H3,(H,22,25)(H,23,24)(H,27,28)/t12-,20-/m0/s1. The predicted octanol–water partition coefficient (Wildman–Crippen LogP) is 1.52. The number of nitrogens with one attached hydrogen (secondary N) is 2. The Balaban J connectivity index is 1.98. The zero-order valence-electron chi connectivity index (χ0n) is 17.4. The molecule has 0 aliphatic carbocycles. The Morgan fingerprint density at radius 1 is 1.17 bits per heavy atom. The van der Waals surface area contributed by atoms with Crippen LogP contribution in [0.1, 0.15) is 31.4 Å². The summed E-state index contributed by atoms with van der Waals surface area (Å²) in [5, 5.41) is 14.6. The Morgan fingerprint density at radius 2 is 1.87 bits per heavy atom. The van der Waals surface area contributed by atoms with Gasteiger partial charge in [0.05, 0.1) is 11.9 Å². The molecule has 2 aromatic rings. The Morgan fingerprint density at radius 3 is 2.50 bits per heavy atom. The largest absolute Gasteiger partial charge is 0.483 e. The smallest absolute Gasteiger partial charge is 0.336 e. The van der Waals surface area contributed by atoms with Crippen LogP contribution in [0.5, 0.6) is 5.75 Å². The first-order valence-electron chi connectivity index (χ1n) is 9.59. The van der Waals surface area contributed by atoms with E-state index in [2.05, 4.69) is 10.6 Å². The number of fused-ring (bicyclic) bond motifs is 1. The number of carbonyl (C=O) groups is 3. The third-order valence-electron chi connectivity index (χ3n) is 4.75. The Labute approximate surface area is 173 Å². The van der Waals surface area contributed by atoms with Crippen LogP contribution < -0.4 is 21.0 Å². The molecule has 2 amide bonds. The molecule has 1 heterocycles. The molecule has 0 fully saturated rings. The van der Waals surface area contributed by atoms with E-state index in [1.807, 2.05) is 6.92 Å². The number of amides is 2. The molecule has 162 valence electrons. The number of aliphatic carboxylic acids is 1. The quantitative estimate of drug-likeness (QED) is 0.526.